The Labute approximate surface area is 175 Å². The standard InChI is InChI=1S/C22H26N4O4/c1-15-5-4-6-16(2)21(15)23-20(27)14-24-9-11-25(12-10-24)22(28)18-7-8-19(26(29)30)17(3)13-18/h4-8,13H,9-12,14H2,1-3H3,(H,23,27)/p+1. The summed E-state index contributed by atoms with van der Waals surface area (Å²) in [5.74, 6) is -0.166. The van der Waals surface area contributed by atoms with Crippen LogP contribution in [0.25, 0.3) is 0 Å². The minimum absolute atomic E-state index is 0.00992. The molecule has 30 heavy (non-hydrogen) atoms. The zero-order valence-corrected chi connectivity index (χ0v) is 17.5. The van der Waals surface area contributed by atoms with E-state index in [4.69, 9.17) is 0 Å². The van der Waals surface area contributed by atoms with Crippen LogP contribution in [0.2, 0.25) is 0 Å². The van der Waals surface area contributed by atoms with Gasteiger partial charge in [-0.15, -0.1) is 0 Å². The molecule has 0 aromatic heterocycles. The van der Waals surface area contributed by atoms with Crippen molar-refractivity contribution in [2.75, 3.05) is 38.0 Å². The molecule has 1 aliphatic rings. The van der Waals surface area contributed by atoms with Crippen LogP contribution in [0, 0.1) is 30.9 Å². The zero-order valence-electron chi connectivity index (χ0n) is 17.5. The molecular weight excluding hydrogens is 384 g/mol. The van der Waals surface area contributed by atoms with Gasteiger partial charge >= 0.3 is 0 Å². The third kappa shape index (κ3) is 4.83. The van der Waals surface area contributed by atoms with Crippen LogP contribution in [0.4, 0.5) is 11.4 Å². The summed E-state index contributed by atoms with van der Waals surface area (Å²) in [6, 6.07) is 10.4. The predicted molar refractivity (Wildman–Crippen MR) is 114 cm³/mol. The van der Waals surface area contributed by atoms with Crippen LogP contribution in [0.5, 0.6) is 0 Å². The first-order valence-electron chi connectivity index (χ1n) is 10.00. The van der Waals surface area contributed by atoms with Gasteiger partial charge in [0, 0.05) is 22.9 Å². The van der Waals surface area contributed by atoms with E-state index in [0.29, 0.717) is 43.9 Å². The molecular formula is C22H27N4O4+. The van der Waals surface area contributed by atoms with E-state index in [2.05, 4.69) is 5.32 Å². The number of hydrogen-bond acceptors (Lipinski definition) is 4. The zero-order chi connectivity index (χ0) is 21.8. The molecule has 0 aliphatic carbocycles. The van der Waals surface area contributed by atoms with Crippen molar-refractivity contribution in [2.24, 2.45) is 0 Å². The summed E-state index contributed by atoms with van der Waals surface area (Å²) in [6.07, 6.45) is 0. The maximum Gasteiger partial charge on any atom is 0.279 e. The minimum atomic E-state index is -0.449. The quantitative estimate of drug-likeness (QED) is 0.576. The van der Waals surface area contributed by atoms with Crippen molar-refractivity contribution >= 4 is 23.2 Å². The highest BCUT2D eigenvalue weighted by atomic mass is 16.6. The minimum Gasteiger partial charge on any atom is -0.327 e. The highest BCUT2D eigenvalue weighted by Crippen LogP contribution is 2.20. The van der Waals surface area contributed by atoms with Crippen molar-refractivity contribution < 1.29 is 19.4 Å². The molecule has 0 saturated carbocycles. The Morgan fingerprint density at radius 1 is 1.07 bits per heavy atom. The number of rotatable bonds is 5. The second-order valence-electron chi connectivity index (χ2n) is 7.79. The third-order valence-corrected chi connectivity index (χ3v) is 5.55. The number of piperazine rings is 1. The molecule has 0 unspecified atom stereocenters. The number of nitrogens with one attached hydrogen (secondary N) is 2. The van der Waals surface area contributed by atoms with Crippen LogP contribution in [-0.4, -0.2) is 54.4 Å². The predicted octanol–water partition coefficient (Wildman–Crippen LogP) is 1.50. The summed E-state index contributed by atoms with van der Waals surface area (Å²) < 4.78 is 0. The van der Waals surface area contributed by atoms with E-state index < -0.39 is 4.92 Å². The number of carbonyl (C=O) groups is 2. The molecule has 0 bridgehead atoms. The van der Waals surface area contributed by atoms with E-state index in [1.165, 1.54) is 12.1 Å². The number of para-hydroxylation sites is 1. The second kappa shape index (κ2) is 9.04. The van der Waals surface area contributed by atoms with Crippen molar-refractivity contribution in [3.8, 4) is 0 Å². The van der Waals surface area contributed by atoms with Gasteiger partial charge in [-0.25, -0.2) is 0 Å². The lowest BCUT2D eigenvalue weighted by atomic mass is 10.1. The Bertz CT molecular complexity index is 961. The Morgan fingerprint density at radius 2 is 1.70 bits per heavy atom. The molecule has 2 N–H and O–H groups in total. The normalized spacial score (nSPS) is 14.4. The van der Waals surface area contributed by atoms with Gasteiger partial charge in [-0.2, -0.15) is 0 Å². The highest BCUT2D eigenvalue weighted by Gasteiger charge is 2.27. The first kappa shape index (κ1) is 21.4. The number of nitrogens with zero attached hydrogens (tertiary/aromatic N) is 2. The number of hydrogen-bond donors (Lipinski definition) is 2. The molecule has 2 amide bonds. The van der Waals surface area contributed by atoms with Crippen LogP contribution < -0.4 is 10.2 Å². The van der Waals surface area contributed by atoms with Crippen molar-refractivity contribution in [1.29, 1.82) is 0 Å². The maximum absolute atomic E-state index is 12.7. The third-order valence-electron chi connectivity index (χ3n) is 5.55. The average molecular weight is 411 g/mol. The molecule has 2 aromatic rings. The van der Waals surface area contributed by atoms with E-state index in [1.54, 1.807) is 17.9 Å². The van der Waals surface area contributed by atoms with E-state index in [9.17, 15) is 19.7 Å². The molecule has 1 saturated heterocycles. The van der Waals surface area contributed by atoms with Crippen molar-refractivity contribution in [3.63, 3.8) is 0 Å². The van der Waals surface area contributed by atoms with Gasteiger partial charge in [0.25, 0.3) is 17.5 Å². The topological polar surface area (TPSA) is 97.0 Å². The first-order valence-corrected chi connectivity index (χ1v) is 10.00. The second-order valence-corrected chi connectivity index (χ2v) is 7.79. The number of nitro benzene ring substituents is 1. The lowest BCUT2D eigenvalue weighted by Gasteiger charge is -2.32. The van der Waals surface area contributed by atoms with Gasteiger partial charge in [0.05, 0.1) is 31.1 Å². The number of anilines is 1. The Morgan fingerprint density at radius 3 is 2.27 bits per heavy atom. The molecule has 0 atom stereocenters. The Hall–Kier alpha value is -3.26. The lowest BCUT2D eigenvalue weighted by molar-refractivity contribution is -0.895. The van der Waals surface area contributed by atoms with E-state index in [-0.39, 0.29) is 17.5 Å². The van der Waals surface area contributed by atoms with Gasteiger partial charge in [-0.05, 0) is 44.0 Å². The summed E-state index contributed by atoms with van der Waals surface area (Å²) in [7, 11) is 0. The largest absolute Gasteiger partial charge is 0.327 e. The van der Waals surface area contributed by atoms with Gasteiger partial charge < -0.3 is 15.1 Å². The van der Waals surface area contributed by atoms with Gasteiger partial charge in [0.2, 0.25) is 0 Å². The van der Waals surface area contributed by atoms with Crippen molar-refractivity contribution in [3.05, 3.63) is 68.8 Å². The molecule has 3 rings (SSSR count). The molecule has 1 aliphatic heterocycles. The summed E-state index contributed by atoms with van der Waals surface area (Å²) in [6.45, 7) is 8.37. The lowest BCUT2D eigenvalue weighted by Crippen LogP contribution is -3.15. The van der Waals surface area contributed by atoms with Crippen molar-refractivity contribution in [1.82, 2.24) is 4.90 Å². The number of amides is 2. The molecule has 0 spiro atoms. The van der Waals surface area contributed by atoms with Crippen LogP contribution in [0.1, 0.15) is 27.0 Å². The van der Waals surface area contributed by atoms with Gasteiger partial charge in [-0.3, -0.25) is 19.7 Å². The number of benzene rings is 2. The van der Waals surface area contributed by atoms with Gasteiger partial charge in [-0.1, -0.05) is 18.2 Å². The fraction of sp³-hybridized carbons (Fsp3) is 0.364. The number of carbonyl (C=O) groups excluding carboxylic acids is 2. The van der Waals surface area contributed by atoms with E-state index in [0.717, 1.165) is 21.7 Å². The van der Waals surface area contributed by atoms with Crippen LogP contribution in [-0.2, 0) is 4.79 Å². The van der Waals surface area contributed by atoms with Gasteiger partial charge in [0.15, 0.2) is 6.54 Å². The SMILES string of the molecule is Cc1cc(C(=O)N2CC[NH+](CC(=O)Nc3c(C)cccc3C)CC2)ccc1[N+](=O)[O-]. The number of quaternary nitrogens is 1. The molecule has 158 valence electrons. The molecule has 0 radical (unpaired) electrons. The summed E-state index contributed by atoms with van der Waals surface area (Å²) in [4.78, 5) is 38.6. The fourth-order valence-corrected chi connectivity index (χ4v) is 3.80. The summed E-state index contributed by atoms with van der Waals surface area (Å²) >= 11 is 0. The number of aryl methyl sites for hydroxylation is 3. The summed E-state index contributed by atoms with van der Waals surface area (Å²) in [5, 5.41) is 14.0. The molecule has 8 heteroatoms. The summed E-state index contributed by atoms with van der Waals surface area (Å²) in [5.41, 5.74) is 3.87. The number of nitro groups is 1. The molecule has 8 nitrogen and oxygen atoms in total. The first-order chi connectivity index (χ1) is 14.3. The molecule has 2 aromatic carbocycles. The van der Waals surface area contributed by atoms with Crippen LogP contribution in [0.3, 0.4) is 0 Å². The van der Waals surface area contributed by atoms with Crippen LogP contribution >= 0.6 is 0 Å². The monoisotopic (exact) mass is 411 g/mol. The van der Waals surface area contributed by atoms with E-state index in [1.807, 2.05) is 32.0 Å². The molecule has 1 heterocycles. The Balaban J connectivity index is 1.54. The Kier molecular flexibility index (Phi) is 6.47. The smallest absolute Gasteiger partial charge is 0.279 e. The van der Waals surface area contributed by atoms with Crippen molar-refractivity contribution in [2.45, 2.75) is 20.8 Å². The van der Waals surface area contributed by atoms with E-state index >= 15 is 0 Å². The van der Waals surface area contributed by atoms with Gasteiger partial charge in [0.1, 0.15) is 0 Å². The average Bonchev–Trinajstić information content (AvgIpc) is 2.70. The highest BCUT2D eigenvalue weighted by molar-refractivity contribution is 5.95. The fourth-order valence-electron chi connectivity index (χ4n) is 3.80. The van der Waals surface area contributed by atoms with Crippen LogP contribution in [0.15, 0.2) is 36.4 Å². The maximum atomic E-state index is 12.7. The molecule has 1 fully saturated rings.